The van der Waals surface area contributed by atoms with Crippen LogP contribution in [0.25, 0.3) is 10.9 Å². The lowest BCUT2D eigenvalue weighted by atomic mass is 10.2. The molecular formula is C15H12N4O. The number of aromatic nitrogens is 3. The monoisotopic (exact) mass is 264 g/mol. The van der Waals surface area contributed by atoms with Crippen LogP contribution < -0.4 is 4.74 Å². The van der Waals surface area contributed by atoms with Gasteiger partial charge in [0.15, 0.2) is 0 Å². The van der Waals surface area contributed by atoms with Crippen molar-refractivity contribution in [1.82, 2.24) is 14.5 Å². The van der Waals surface area contributed by atoms with Crippen molar-refractivity contribution in [2.24, 2.45) is 0 Å². The molecule has 0 saturated heterocycles. The average molecular weight is 264 g/mol. The number of ether oxygens (including phenoxy) is 1. The van der Waals surface area contributed by atoms with Gasteiger partial charge in [0.25, 0.3) is 0 Å². The van der Waals surface area contributed by atoms with Crippen molar-refractivity contribution in [2.45, 2.75) is 13.5 Å². The molecule has 0 amide bonds. The topological polar surface area (TPSA) is 63.7 Å². The lowest BCUT2D eigenvalue weighted by Gasteiger charge is -2.05. The average Bonchev–Trinajstić information content (AvgIpc) is 2.85. The van der Waals surface area contributed by atoms with Crippen LogP contribution in [-0.2, 0) is 6.54 Å². The summed E-state index contributed by atoms with van der Waals surface area (Å²) in [6.45, 7) is 2.84. The highest BCUT2D eigenvalue weighted by Crippen LogP contribution is 2.27. The normalized spacial score (nSPS) is 10.4. The second kappa shape index (κ2) is 5.02. The minimum Gasteiger partial charge on any atom is -0.437 e. The summed E-state index contributed by atoms with van der Waals surface area (Å²) in [5, 5.41) is 10.1. The van der Waals surface area contributed by atoms with Crippen molar-refractivity contribution in [3.63, 3.8) is 0 Å². The Kier molecular flexibility index (Phi) is 3.05. The van der Waals surface area contributed by atoms with Crippen LogP contribution in [0.3, 0.4) is 0 Å². The second-order valence-electron chi connectivity index (χ2n) is 4.27. The number of fused-ring (bicyclic) bond motifs is 1. The van der Waals surface area contributed by atoms with Gasteiger partial charge in [0.2, 0.25) is 5.88 Å². The molecule has 0 unspecified atom stereocenters. The number of hydrogen-bond donors (Lipinski definition) is 0. The first kappa shape index (κ1) is 12.2. The summed E-state index contributed by atoms with van der Waals surface area (Å²) < 4.78 is 7.68. The maximum atomic E-state index is 9.14. The molecule has 2 aromatic heterocycles. The molecule has 3 aromatic rings. The summed E-state index contributed by atoms with van der Waals surface area (Å²) >= 11 is 0. The summed E-state index contributed by atoms with van der Waals surface area (Å²) in [6, 6.07) is 7.85. The van der Waals surface area contributed by atoms with Crippen LogP contribution in [0.15, 0.2) is 43.0 Å². The van der Waals surface area contributed by atoms with Gasteiger partial charge in [0.1, 0.15) is 11.8 Å². The van der Waals surface area contributed by atoms with E-state index in [4.69, 9.17) is 10.00 Å². The minimum atomic E-state index is 0.446. The molecule has 5 nitrogen and oxygen atoms in total. The molecule has 0 aliphatic rings. The van der Waals surface area contributed by atoms with Crippen molar-refractivity contribution in [3.05, 3.63) is 48.5 Å². The van der Waals surface area contributed by atoms with Crippen LogP contribution in [0.1, 0.15) is 12.5 Å². The second-order valence-corrected chi connectivity index (χ2v) is 4.27. The molecule has 0 fully saturated rings. The van der Waals surface area contributed by atoms with E-state index in [2.05, 4.69) is 16.0 Å². The van der Waals surface area contributed by atoms with Crippen molar-refractivity contribution in [1.29, 1.82) is 5.26 Å². The Morgan fingerprint density at radius 1 is 1.35 bits per heavy atom. The quantitative estimate of drug-likeness (QED) is 0.729. The molecule has 0 aliphatic carbocycles. The number of aryl methyl sites for hydroxylation is 1. The largest absolute Gasteiger partial charge is 0.437 e. The molecule has 0 bridgehead atoms. The van der Waals surface area contributed by atoms with Crippen LogP contribution in [0.2, 0.25) is 0 Å². The first-order valence-electron chi connectivity index (χ1n) is 6.28. The fraction of sp³-hybridized carbons (Fsp3) is 0.133. The van der Waals surface area contributed by atoms with Gasteiger partial charge in [0.05, 0.1) is 17.3 Å². The number of benzene rings is 1. The van der Waals surface area contributed by atoms with E-state index >= 15 is 0 Å². The fourth-order valence-electron chi connectivity index (χ4n) is 2.14. The van der Waals surface area contributed by atoms with E-state index in [0.29, 0.717) is 17.2 Å². The Morgan fingerprint density at radius 2 is 2.25 bits per heavy atom. The maximum Gasteiger partial charge on any atom is 0.237 e. The lowest BCUT2D eigenvalue weighted by molar-refractivity contribution is 0.460. The Balaban J connectivity index is 2.04. The molecule has 0 spiro atoms. The van der Waals surface area contributed by atoms with E-state index in [9.17, 15) is 0 Å². The molecule has 0 atom stereocenters. The predicted octanol–water partition coefficient (Wildman–Crippen LogP) is 3.12. The Labute approximate surface area is 116 Å². The molecule has 0 radical (unpaired) electrons. The predicted molar refractivity (Wildman–Crippen MR) is 74.4 cm³/mol. The summed E-state index contributed by atoms with van der Waals surface area (Å²) in [5.41, 5.74) is 1.65. The first-order chi connectivity index (χ1) is 9.81. The van der Waals surface area contributed by atoms with E-state index in [0.717, 1.165) is 17.4 Å². The molecule has 0 N–H and O–H groups in total. The fourth-order valence-corrected chi connectivity index (χ4v) is 2.14. The van der Waals surface area contributed by atoms with Gasteiger partial charge in [-0.05, 0) is 19.1 Å². The highest BCUT2D eigenvalue weighted by Gasteiger charge is 2.09. The van der Waals surface area contributed by atoms with Gasteiger partial charge in [-0.25, -0.2) is 4.98 Å². The SMILES string of the molecule is CCn1cc(C#N)c2ccc(Oc3cnccn3)cc21. The number of nitriles is 1. The summed E-state index contributed by atoms with van der Waals surface area (Å²) in [6.07, 6.45) is 6.59. The molecule has 0 aliphatic heterocycles. The van der Waals surface area contributed by atoms with Crippen LogP contribution in [0.4, 0.5) is 0 Å². The van der Waals surface area contributed by atoms with Gasteiger partial charge in [-0.2, -0.15) is 5.26 Å². The van der Waals surface area contributed by atoms with E-state index in [1.165, 1.54) is 0 Å². The highest BCUT2D eigenvalue weighted by molar-refractivity contribution is 5.87. The summed E-state index contributed by atoms with van der Waals surface area (Å²) in [7, 11) is 0. The number of hydrogen-bond acceptors (Lipinski definition) is 4. The third kappa shape index (κ3) is 2.08. The van der Waals surface area contributed by atoms with Crippen LogP contribution in [0.5, 0.6) is 11.6 Å². The van der Waals surface area contributed by atoms with Gasteiger partial charge in [0, 0.05) is 36.6 Å². The molecule has 20 heavy (non-hydrogen) atoms. The standard InChI is InChI=1S/C15H12N4O/c1-2-19-10-11(8-16)13-4-3-12(7-14(13)19)20-15-9-17-5-6-18-15/h3-7,9-10H,2H2,1H3. The summed E-state index contributed by atoms with van der Waals surface area (Å²) in [4.78, 5) is 8.03. The van der Waals surface area contributed by atoms with Crippen LogP contribution >= 0.6 is 0 Å². The maximum absolute atomic E-state index is 9.14. The van der Waals surface area contributed by atoms with Crippen molar-refractivity contribution >= 4 is 10.9 Å². The molecule has 1 aromatic carbocycles. The summed E-state index contributed by atoms with van der Waals surface area (Å²) in [5.74, 6) is 1.12. The Bertz CT molecular complexity index is 787. The molecule has 3 rings (SSSR count). The van der Waals surface area contributed by atoms with Crippen molar-refractivity contribution in [3.8, 4) is 17.7 Å². The van der Waals surface area contributed by atoms with Crippen molar-refractivity contribution < 1.29 is 4.74 Å². The zero-order valence-corrected chi connectivity index (χ0v) is 10.9. The molecule has 5 heteroatoms. The van der Waals surface area contributed by atoms with Crippen LogP contribution in [0, 0.1) is 11.3 Å². The minimum absolute atomic E-state index is 0.446. The zero-order chi connectivity index (χ0) is 13.9. The number of rotatable bonds is 3. The lowest BCUT2D eigenvalue weighted by Crippen LogP contribution is -1.92. The van der Waals surface area contributed by atoms with Crippen LogP contribution in [-0.4, -0.2) is 14.5 Å². The van der Waals surface area contributed by atoms with Gasteiger partial charge >= 0.3 is 0 Å². The first-order valence-corrected chi connectivity index (χ1v) is 6.28. The van der Waals surface area contributed by atoms with E-state index in [1.54, 1.807) is 18.6 Å². The Morgan fingerprint density at radius 3 is 2.95 bits per heavy atom. The van der Waals surface area contributed by atoms with Gasteiger partial charge in [-0.3, -0.25) is 4.98 Å². The smallest absolute Gasteiger partial charge is 0.237 e. The van der Waals surface area contributed by atoms with E-state index in [-0.39, 0.29) is 0 Å². The highest BCUT2D eigenvalue weighted by atomic mass is 16.5. The molecule has 0 saturated carbocycles. The van der Waals surface area contributed by atoms with E-state index in [1.807, 2.05) is 35.9 Å². The van der Waals surface area contributed by atoms with Crippen molar-refractivity contribution in [2.75, 3.05) is 0 Å². The van der Waals surface area contributed by atoms with Gasteiger partial charge in [-0.1, -0.05) is 0 Å². The van der Waals surface area contributed by atoms with Gasteiger partial charge in [-0.15, -0.1) is 0 Å². The molecular weight excluding hydrogens is 252 g/mol. The Hall–Kier alpha value is -2.87. The molecule has 2 heterocycles. The third-order valence-corrected chi connectivity index (χ3v) is 3.08. The molecule has 98 valence electrons. The number of nitrogens with zero attached hydrogens (tertiary/aromatic N) is 4. The van der Waals surface area contributed by atoms with Gasteiger partial charge < -0.3 is 9.30 Å². The zero-order valence-electron chi connectivity index (χ0n) is 10.9. The van der Waals surface area contributed by atoms with E-state index < -0.39 is 0 Å². The third-order valence-electron chi connectivity index (χ3n) is 3.08.